The average Bonchev–Trinajstić information content (AvgIpc) is 2.70. The first kappa shape index (κ1) is 29.1. The second-order valence-corrected chi connectivity index (χ2v) is 9.66. The largest absolute Gasteiger partial charge is 0.481 e. The summed E-state index contributed by atoms with van der Waals surface area (Å²) in [7, 11) is 0. The van der Waals surface area contributed by atoms with Gasteiger partial charge in [-0.05, 0) is 54.4 Å². The molecule has 0 aliphatic carbocycles. The van der Waals surface area contributed by atoms with E-state index in [2.05, 4.69) is 0 Å². The van der Waals surface area contributed by atoms with Crippen molar-refractivity contribution in [2.24, 2.45) is 46.8 Å². The lowest BCUT2D eigenvalue weighted by molar-refractivity contribution is -0.139. The summed E-state index contributed by atoms with van der Waals surface area (Å²) >= 11 is 0. The van der Waals surface area contributed by atoms with Crippen molar-refractivity contribution >= 4 is 23.8 Å². The number of aliphatic carboxylic acids is 2. The highest BCUT2D eigenvalue weighted by Crippen LogP contribution is 2.38. The first-order valence-electron chi connectivity index (χ1n) is 11.7. The Hall–Kier alpha value is -2.94. The number of rotatable bonds is 17. The van der Waals surface area contributed by atoms with Gasteiger partial charge in [0.15, 0.2) is 0 Å². The Labute approximate surface area is 201 Å². The van der Waals surface area contributed by atoms with Crippen LogP contribution in [-0.4, -0.2) is 34.0 Å². The topological polar surface area (TPSA) is 187 Å². The second kappa shape index (κ2) is 14.3. The third-order valence-corrected chi connectivity index (χ3v) is 6.40. The molecule has 190 valence electrons. The van der Waals surface area contributed by atoms with Gasteiger partial charge >= 0.3 is 11.9 Å². The monoisotopic (exact) mass is 477 g/mol. The lowest BCUT2D eigenvalue weighted by Crippen LogP contribution is -2.31. The molecule has 1 aromatic rings. The van der Waals surface area contributed by atoms with Gasteiger partial charge in [-0.2, -0.15) is 0 Å². The maximum absolute atomic E-state index is 11.5. The minimum absolute atomic E-state index is 0.000889. The molecule has 1 aromatic carbocycles. The van der Waals surface area contributed by atoms with Crippen molar-refractivity contribution in [1.29, 1.82) is 0 Å². The molecule has 0 aliphatic rings. The molecule has 9 heteroatoms. The van der Waals surface area contributed by atoms with E-state index in [9.17, 15) is 29.4 Å². The van der Waals surface area contributed by atoms with Gasteiger partial charge in [-0.25, -0.2) is 0 Å². The number of carboxylic acids is 2. The van der Waals surface area contributed by atoms with Crippen molar-refractivity contribution in [3.05, 3.63) is 35.9 Å². The lowest BCUT2D eigenvalue weighted by atomic mass is 9.73. The number of hydrogen-bond donors (Lipinski definition) is 5. The van der Waals surface area contributed by atoms with Crippen LogP contribution in [0.25, 0.3) is 0 Å². The normalized spacial score (nSPS) is 16.6. The Morgan fingerprint density at radius 3 is 1.68 bits per heavy atom. The van der Waals surface area contributed by atoms with Crippen molar-refractivity contribution in [1.82, 2.24) is 0 Å². The molecule has 0 heterocycles. The van der Waals surface area contributed by atoms with Crippen LogP contribution in [0.4, 0.5) is 0 Å². The van der Waals surface area contributed by atoms with Crippen LogP contribution in [0.3, 0.4) is 0 Å². The Morgan fingerprint density at radius 1 is 0.765 bits per heavy atom. The van der Waals surface area contributed by atoms with Crippen LogP contribution >= 0.6 is 0 Å². The van der Waals surface area contributed by atoms with E-state index in [0.717, 1.165) is 5.56 Å². The van der Waals surface area contributed by atoms with Crippen LogP contribution in [-0.2, 0) is 19.2 Å². The van der Waals surface area contributed by atoms with Gasteiger partial charge in [-0.3, -0.25) is 19.2 Å². The van der Waals surface area contributed by atoms with Crippen LogP contribution in [0, 0.1) is 29.6 Å². The van der Waals surface area contributed by atoms with E-state index in [1.165, 1.54) is 0 Å². The summed E-state index contributed by atoms with van der Waals surface area (Å²) in [5.74, 6) is -3.88. The summed E-state index contributed by atoms with van der Waals surface area (Å²) in [6, 6.07) is 9.23. The molecule has 0 saturated heterocycles. The number of carbonyl (C=O) groups excluding carboxylic acids is 2. The third-order valence-electron chi connectivity index (χ3n) is 6.40. The minimum Gasteiger partial charge on any atom is -0.481 e. The molecule has 1 rings (SSSR count). The zero-order valence-electron chi connectivity index (χ0n) is 20.1. The Balaban J connectivity index is 3.09. The van der Waals surface area contributed by atoms with Gasteiger partial charge < -0.3 is 27.4 Å². The Bertz CT molecular complexity index is 784. The number of hydrogen-bond acceptors (Lipinski definition) is 5. The molecule has 6 atom stereocenters. The Morgan fingerprint density at radius 2 is 1.24 bits per heavy atom. The van der Waals surface area contributed by atoms with Gasteiger partial charge in [-0.15, -0.1) is 0 Å². The first-order chi connectivity index (χ1) is 15.9. The van der Waals surface area contributed by atoms with Crippen molar-refractivity contribution in [3.63, 3.8) is 0 Å². The standard InChI is InChI=1S/C25H39N3O6/c1-15(8-17(11-21(26)29)13-23(31)32)9-20(25(28)19-6-4-3-5-7-19)16(2)10-18(12-22(27)30)14-24(33)34/h3-7,15-18,20,25H,8-14,28H2,1-2H3,(H2,26,29)(H2,27,30)(H,31,32)(H,33,34)/t15?,16?,17?,18-,20?,25+/m0/s1. The highest BCUT2D eigenvalue weighted by Gasteiger charge is 2.31. The molecular weight excluding hydrogens is 438 g/mol. The van der Waals surface area contributed by atoms with Gasteiger partial charge in [0.05, 0.1) is 0 Å². The number of primary amides is 2. The summed E-state index contributed by atoms with van der Waals surface area (Å²) in [5.41, 5.74) is 18.3. The lowest BCUT2D eigenvalue weighted by Gasteiger charge is -2.34. The molecule has 2 amide bonds. The zero-order chi connectivity index (χ0) is 25.8. The number of benzene rings is 1. The fraction of sp³-hybridized carbons (Fsp3) is 0.600. The highest BCUT2D eigenvalue weighted by molar-refractivity contribution is 5.75. The maximum Gasteiger partial charge on any atom is 0.303 e. The fourth-order valence-corrected chi connectivity index (χ4v) is 5.03. The summed E-state index contributed by atoms with van der Waals surface area (Å²) in [6.07, 6.45) is 1.29. The van der Waals surface area contributed by atoms with Crippen molar-refractivity contribution in [2.75, 3.05) is 0 Å². The molecule has 4 unspecified atom stereocenters. The van der Waals surface area contributed by atoms with Crippen molar-refractivity contribution in [2.45, 2.75) is 64.8 Å². The molecule has 9 nitrogen and oxygen atoms in total. The van der Waals surface area contributed by atoms with Gasteiger partial charge in [0.2, 0.25) is 11.8 Å². The highest BCUT2D eigenvalue weighted by atomic mass is 16.4. The molecule has 0 aromatic heterocycles. The molecule has 0 bridgehead atoms. The van der Waals surface area contributed by atoms with E-state index in [0.29, 0.717) is 19.3 Å². The maximum atomic E-state index is 11.5. The van der Waals surface area contributed by atoms with Crippen molar-refractivity contribution in [3.8, 4) is 0 Å². The number of nitrogens with two attached hydrogens (primary N) is 3. The zero-order valence-corrected chi connectivity index (χ0v) is 20.1. The molecule has 8 N–H and O–H groups in total. The second-order valence-electron chi connectivity index (χ2n) is 9.66. The average molecular weight is 478 g/mol. The molecular formula is C25H39N3O6. The van der Waals surface area contributed by atoms with Gasteiger partial charge in [-0.1, -0.05) is 44.2 Å². The van der Waals surface area contributed by atoms with E-state index in [1.54, 1.807) is 0 Å². The molecule has 0 aliphatic heterocycles. The SMILES string of the molecule is CC(CC(CC(N)=O)CC(=O)O)CC(C(C)C[C@@H](CC(N)=O)CC(=O)O)[C@H](N)c1ccccc1. The third kappa shape index (κ3) is 11.3. The Kier molecular flexibility index (Phi) is 12.3. The van der Waals surface area contributed by atoms with Crippen molar-refractivity contribution < 1.29 is 29.4 Å². The van der Waals surface area contributed by atoms with Crippen LogP contribution in [0.1, 0.15) is 70.4 Å². The van der Waals surface area contributed by atoms with Gasteiger partial charge in [0, 0.05) is 31.7 Å². The van der Waals surface area contributed by atoms with Crippen LogP contribution < -0.4 is 17.2 Å². The first-order valence-corrected chi connectivity index (χ1v) is 11.7. The quantitative estimate of drug-likeness (QED) is 0.228. The molecule has 34 heavy (non-hydrogen) atoms. The molecule has 0 radical (unpaired) electrons. The van der Waals surface area contributed by atoms with E-state index in [-0.39, 0.29) is 55.4 Å². The van der Waals surface area contributed by atoms with E-state index in [1.807, 2.05) is 44.2 Å². The van der Waals surface area contributed by atoms with Crippen LogP contribution in [0.5, 0.6) is 0 Å². The van der Waals surface area contributed by atoms with Gasteiger partial charge in [0.1, 0.15) is 0 Å². The summed E-state index contributed by atoms with van der Waals surface area (Å²) in [4.78, 5) is 45.5. The smallest absolute Gasteiger partial charge is 0.303 e. The molecule has 0 spiro atoms. The number of amides is 2. The number of carbonyl (C=O) groups is 4. The van der Waals surface area contributed by atoms with Crippen LogP contribution in [0.15, 0.2) is 30.3 Å². The minimum atomic E-state index is -0.987. The van der Waals surface area contributed by atoms with Crippen LogP contribution in [0.2, 0.25) is 0 Å². The summed E-state index contributed by atoms with van der Waals surface area (Å²) in [6.45, 7) is 3.99. The summed E-state index contributed by atoms with van der Waals surface area (Å²) < 4.78 is 0. The predicted molar refractivity (Wildman–Crippen MR) is 128 cm³/mol. The predicted octanol–water partition coefficient (Wildman–Crippen LogP) is 2.68. The number of carboxylic acid groups (broad SMARTS) is 2. The van der Waals surface area contributed by atoms with Gasteiger partial charge in [0.25, 0.3) is 0 Å². The molecule has 0 saturated carbocycles. The molecule has 0 fully saturated rings. The fourth-order valence-electron chi connectivity index (χ4n) is 5.03. The van der Waals surface area contributed by atoms with E-state index >= 15 is 0 Å². The summed E-state index contributed by atoms with van der Waals surface area (Å²) in [5, 5.41) is 18.5. The van der Waals surface area contributed by atoms with E-state index < -0.39 is 29.7 Å². The van der Waals surface area contributed by atoms with E-state index in [4.69, 9.17) is 17.2 Å².